The van der Waals surface area contributed by atoms with Crippen LogP contribution < -0.4 is 10.6 Å². The lowest BCUT2D eigenvalue weighted by Gasteiger charge is -2.23. The predicted octanol–water partition coefficient (Wildman–Crippen LogP) is 1.61. The minimum absolute atomic E-state index is 0.0662. The Bertz CT molecular complexity index is 430. The van der Waals surface area contributed by atoms with Crippen LogP contribution in [0.25, 0.3) is 0 Å². The third kappa shape index (κ3) is 2.58. The number of hydrogen-bond acceptors (Lipinski definition) is 2. The van der Waals surface area contributed by atoms with Crippen LogP contribution in [-0.2, 0) is 6.54 Å². The third-order valence-corrected chi connectivity index (χ3v) is 3.77. The van der Waals surface area contributed by atoms with Crippen LogP contribution in [0.15, 0.2) is 6.07 Å². The van der Waals surface area contributed by atoms with Crippen LogP contribution in [0.4, 0.5) is 0 Å². The van der Waals surface area contributed by atoms with Gasteiger partial charge in [0.05, 0.1) is 5.56 Å². The highest BCUT2D eigenvalue weighted by Gasteiger charge is 2.19. The van der Waals surface area contributed by atoms with Crippen molar-refractivity contribution in [1.82, 2.24) is 15.2 Å². The molecule has 2 rings (SSSR count). The molecule has 1 aliphatic rings. The molecule has 0 radical (unpaired) electrons. The van der Waals surface area contributed by atoms with Crippen LogP contribution in [0.3, 0.4) is 0 Å². The smallest absolute Gasteiger partial charge is 0.253 e. The molecule has 1 fully saturated rings. The highest BCUT2D eigenvalue weighted by Crippen LogP contribution is 2.15. The van der Waals surface area contributed by atoms with Crippen molar-refractivity contribution in [3.63, 3.8) is 0 Å². The van der Waals surface area contributed by atoms with Crippen molar-refractivity contribution in [1.29, 1.82) is 0 Å². The number of carbonyl (C=O) groups excluding carboxylic acids is 1. The number of carbonyl (C=O) groups is 1. The second-order valence-electron chi connectivity index (χ2n) is 5.05. The molecule has 1 aromatic heterocycles. The first kappa shape index (κ1) is 13.1. The van der Waals surface area contributed by atoms with Crippen LogP contribution in [0.2, 0.25) is 0 Å². The van der Waals surface area contributed by atoms with Gasteiger partial charge in [0.25, 0.3) is 5.91 Å². The molecular formula is C14H23N3O. The van der Waals surface area contributed by atoms with Crippen molar-refractivity contribution in [3.05, 3.63) is 23.0 Å². The molecule has 1 atom stereocenters. The summed E-state index contributed by atoms with van der Waals surface area (Å²) < 4.78 is 2.17. The third-order valence-electron chi connectivity index (χ3n) is 3.77. The number of rotatable bonds is 3. The van der Waals surface area contributed by atoms with Gasteiger partial charge in [0.1, 0.15) is 0 Å². The zero-order valence-corrected chi connectivity index (χ0v) is 11.5. The van der Waals surface area contributed by atoms with E-state index in [4.69, 9.17) is 0 Å². The Balaban J connectivity index is 2.08. The lowest BCUT2D eigenvalue weighted by Crippen LogP contribution is -2.45. The standard InChI is InChI=1S/C14H23N3O/c1-4-17-10(2)8-13(11(17)3)14(18)16-12-6-5-7-15-9-12/h8,12,15H,4-7,9H2,1-3H3,(H,16,18)/t12-/m0/s1. The van der Waals surface area contributed by atoms with Crippen molar-refractivity contribution < 1.29 is 4.79 Å². The van der Waals surface area contributed by atoms with E-state index in [0.717, 1.165) is 49.4 Å². The molecule has 100 valence electrons. The summed E-state index contributed by atoms with van der Waals surface area (Å²) in [5.74, 6) is 0.0662. The zero-order chi connectivity index (χ0) is 13.1. The first-order chi connectivity index (χ1) is 8.63. The number of hydrogen-bond donors (Lipinski definition) is 2. The van der Waals surface area contributed by atoms with Gasteiger partial charge in [-0.25, -0.2) is 0 Å². The van der Waals surface area contributed by atoms with Gasteiger partial charge in [0, 0.05) is 30.5 Å². The Morgan fingerprint density at radius 2 is 2.33 bits per heavy atom. The molecule has 0 unspecified atom stereocenters. The molecule has 0 saturated carbocycles. The van der Waals surface area contributed by atoms with Crippen LogP contribution in [0.5, 0.6) is 0 Å². The van der Waals surface area contributed by atoms with Gasteiger partial charge in [-0.1, -0.05) is 0 Å². The van der Waals surface area contributed by atoms with Crippen LogP contribution >= 0.6 is 0 Å². The monoisotopic (exact) mass is 249 g/mol. The van der Waals surface area contributed by atoms with Crippen molar-refractivity contribution in [3.8, 4) is 0 Å². The first-order valence-electron chi connectivity index (χ1n) is 6.81. The van der Waals surface area contributed by atoms with E-state index in [-0.39, 0.29) is 11.9 Å². The minimum atomic E-state index is 0.0662. The van der Waals surface area contributed by atoms with E-state index in [1.807, 2.05) is 13.0 Å². The number of aryl methyl sites for hydroxylation is 1. The van der Waals surface area contributed by atoms with Crippen LogP contribution in [-0.4, -0.2) is 29.6 Å². The molecule has 2 N–H and O–H groups in total. The summed E-state index contributed by atoms with van der Waals surface area (Å²) in [5, 5.41) is 6.44. The summed E-state index contributed by atoms with van der Waals surface area (Å²) in [4.78, 5) is 12.3. The summed E-state index contributed by atoms with van der Waals surface area (Å²) in [6.45, 7) is 9.04. The van der Waals surface area contributed by atoms with Gasteiger partial charge in [-0.3, -0.25) is 4.79 Å². The van der Waals surface area contributed by atoms with Gasteiger partial charge in [0.2, 0.25) is 0 Å². The zero-order valence-electron chi connectivity index (χ0n) is 11.5. The lowest BCUT2D eigenvalue weighted by atomic mass is 10.1. The molecule has 0 aliphatic carbocycles. The molecule has 1 saturated heterocycles. The summed E-state index contributed by atoms with van der Waals surface area (Å²) in [6.07, 6.45) is 2.21. The van der Waals surface area contributed by atoms with Crippen molar-refractivity contribution in [2.45, 2.75) is 46.2 Å². The second kappa shape index (κ2) is 5.57. The number of amides is 1. The molecule has 0 aromatic carbocycles. The van der Waals surface area contributed by atoms with Crippen LogP contribution in [0.1, 0.15) is 41.5 Å². The number of aromatic nitrogens is 1. The highest BCUT2D eigenvalue weighted by atomic mass is 16.1. The number of piperidine rings is 1. The first-order valence-corrected chi connectivity index (χ1v) is 6.81. The molecule has 1 aromatic rings. The molecule has 0 spiro atoms. The Morgan fingerprint density at radius 3 is 2.89 bits per heavy atom. The maximum Gasteiger partial charge on any atom is 0.253 e. The van der Waals surface area contributed by atoms with E-state index in [1.54, 1.807) is 0 Å². The normalized spacial score (nSPS) is 19.8. The van der Waals surface area contributed by atoms with Gasteiger partial charge < -0.3 is 15.2 Å². The molecular weight excluding hydrogens is 226 g/mol. The Morgan fingerprint density at radius 1 is 1.56 bits per heavy atom. The maximum absolute atomic E-state index is 12.3. The van der Waals surface area contributed by atoms with E-state index in [9.17, 15) is 4.79 Å². The van der Waals surface area contributed by atoms with E-state index in [0.29, 0.717) is 0 Å². The van der Waals surface area contributed by atoms with Gasteiger partial charge in [-0.15, -0.1) is 0 Å². The fourth-order valence-corrected chi connectivity index (χ4v) is 2.76. The average molecular weight is 249 g/mol. The second-order valence-corrected chi connectivity index (χ2v) is 5.05. The lowest BCUT2D eigenvalue weighted by molar-refractivity contribution is 0.0930. The van der Waals surface area contributed by atoms with Gasteiger partial charge in [0.15, 0.2) is 0 Å². The summed E-state index contributed by atoms with van der Waals surface area (Å²) in [7, 11) is 0. The molecule has 4 heteroatoms. The molecule has 18 heavy (non-hydrogen) atoms. The maximum atomic E-state index is 12.3. The summed E-state index contributed by atoms with van der Waals surface area (Å²) in [5.41, 5.74) is 3.04. The fraction of sp³-hybridized carbons (Fsp3) is 0.643. The van der Waals surface area contributed by atoms with E-state index < -0.39 is 0 Å². The van der Waals surface area contributed by atoms with Gasteiger partial charge in [-0.2, -0.15) is 0 Å². The quantitative estimate of drug-likeness (QED) is 0.855. The summed E-state index contributed by atoms with van der Waals surface area (Å²) in [6, 6.07) is 2.26. The van der Waals surface area contributed by atoms with Gasteiger partial charge >= 0.3 is 0 Å². The Kier molecular flexibility index (Phi) is 4.07. The Labute approximate surface area is 109 Å². The van der Waals surface area contributed by atoms with Crippen molar-refractivity contribution in [2.24, 2.45) is 0 Å². The van der Waals surface area contributed by atoms with E-state index >= 15 is 0 Å². The predicted molar refractivity (Wildman–Crippen MR) is 72.9 cm³/mol. The SMILES string of the molecule is CCn1c(C)cc(C(=O)N[C@H]2CCCNC2)c1C. The van der Waals surface area contributed by atoms with E-state index in [2.05, 4.69) is 29.0 Å². The Hall–Kier alpha value is -1.29. The topological polar surface area (TPSA) is 46.1 Å². The molecule has 2 heterocycles. The molecule has 1 aliphatic heterocycles. The fourth-order valence-electron chi connectivity index (χ4n) is 2.76. The molecule has 1 amide bonds. The largest absolute Gasteiger partial charge is 0.349 e. The van der Waals surface area contributed by atoms with Crippen molar-refractivity contribution in [2.75, 3.05) is 13.1 Å². The summed E-state index contributed by atoms with van der Waals surface area (Å²) >= 11 is 0. The molecule has 4 nitrogen and oxygen atoms in total. The van der Waals surface area contributed by atoms with E-state index in [1.165, 1.54) is 0 Å². The minimum Gasteiger partial charge on any atom is -0.349 e. The number of nitrogens with zero attached hydrogens (tertiary/aromatic N) is 1. The van der Waals surface area contributed by atoms with Gasteiger partial charge in [-0.05, 0) is 46.2 Å². The van der Waals surface area contributed by atoms with Crippen LogP contribution in [0, 0.1) is 13.8 Å². The number of nitrogens with one attached hydrogen (secondary N) is 2. The van der Waals surface area contributed by atoms with Crippen molar-refractivity contribution >= 4 is 5.91 Å². The molecule has 0 bridgehead atoms. The average Bonchev–Trinajstić information content (AvgIpc) is 2.65. The highest BCUT2D eigenvalue weighted by molar-refractivity contribution is 5.95.